The average molecular weight is 363 g/mol. The van der Waals surface area contributed by atoms with E-state index in [2.05, 4.69) is 16.0 Å². The van der Waals surface area contributed by atoms with Gasteiger partial charge in [-0.3, -0.25) is 4.79 Å². The summed E-state index contributed by atoms with van der Waals surface area (Å²) in [7, 11) is -3.75. The number of hydrogen-bond acceptors (Lipinski definition) is 3. The summed E-state index contributed by atoms with van der Waals surface area (Å²) in [5, 5.41) is 3.26. The van der Waals surface area contributed by atoms with Gasteiger partial charge >= 0.3 is 0 Å². The highest BCUT2D eigenvalue weighted by molar-refractivity contribution is 7.89. The van der Waals surface area contributed by atoms with E-state index < -0.39 is 15.9 Å². The van der Waals surface area contributed by atoms with Crippen molar-refractivity contribution in [2.75, 3.05) is 6.54 Å². The lowest BCUT2D eigenvalue weighted by atomic mass is 10.2. The van der Waals surface area contributed by atoms with Crippen LogP contribution >= 0.6 is 11.6 Å². The molecule has 0 bridgehead atoms. The van der Waals surface area contributed by atoms with E-state index in [1.165, 1.54) is 24.3 Å². The molecular weight excluding hydrogens is 348 g/mol. The van der Waals surface area contributed by atoms with Crippen LogP contribution in [0.2, 0.25) is 5.02 Å². The van der Waals surface area contributed by atoms with E-state index >= 15 is 0 Å². The minimum Gasteiger partial charge on any atom is -0.348 e. The Hall–Kier alpha value is -2.33. The van der Waals surface area contributed by atoms with E-state index in [0.717, 1.165) is 5.56 Å². The standard InChI is InChI=1S/C17H15ClN2O3S/c1-2-10-20-24(22,23)15-8-5-7-13(11-15)17(21)19-12-14-6-3-4-9-16(14)18/h1,3-9,11,20H,10,12H2,(H,19,21). The highest BCUT2D eigenvalue weighted by atomic mass is 35.5. The van der Waals surface area contributed by atoms with Crippen molar-refractivity contribution in [1.82, 2.24) is 10.0 Å². The van der Waals surface area contributed by atoms with E-state index in [4.69, 9.17) is 18.0 Å². The van der Waals surface area contributed by atoms with Crippen molar-refractivity contribution < 1.29 is 13.2 Å². The molecule has 124 valence electrons. The van der Waals surface area contributed by atoms with Gasteiger partial charge in [-0.1, -0.05) is 41.8 Å². The van der Waals surface area contributed by atoms with Crippen molar-refractivity contribution in [3.8, 4) is 12.3 Å². The molecule has 2 aromatic carbocycles. The van der Waals surface area contributed by atoms with E-state index in [1.807, 2.05) is 6.07 Å². The molecule has 0 saturated heterocycles. The van der Waals surface area contributed by atoms with Crippen LogP contribution < -0.4 is 10.0 Å². The van der Waals surface area contributed by atoms with Crippen LogP contribution in [0.3, 0.4) is 0 Å². The van der Waals surface area contributed by atoms with Gasteiger partial charge in [-0.25, -0.2) is 8.42 Å². The number of terminal acetylenes is 1. The predicted molar refractivity (Wildman–Crippen MR) is 93.1 cm³/mol. The molecule has 0 spiro atoms. The van der Waals surface area contributed by atoms with Crippen LogP contribution in [0.25, 0.3) is 0 Å². The first-order chi connectivity index (χ1) is 11.4. The van der Waals surface area contributed by atoms with Gasteiger partial charge in [0, 0.05) is 17.1 Å². The molecule has 24 heavy (non-hydrogen) atoms. The molecule has 2 N–H and O–H groups in total. The van der Waals surface area contributed by atoms with Crippen LogP contribution in [0.15, 0.2) is 53.4 Å². The summed E-state index contributed by atoms with van der Waals surface area (Å²) in [6.45, 7) is 0.121. The lowest BCUT2D eigenvalue weighted by Gasteiger charge is -2.09. The number of rotatable bonds is 6. The monoisotopic (exact) mass is 362 g/mol. The number of sulfonamides is 1. The summed E-state index contributed by atoms with van der Waals surface area (Å²) in [6, 6.07) is 12.9. The summed E-state index contributed by atoms with van der Waals surface area (Å²) in [5.74, 6) is 1.79. The fourth-order valence-electron chi connectivity index (χ4n) is 1.94. The number of amides is 1. The fraction of sp³-hybridized carbons (Fsp3) is 0.118. The highest BCUT2D eigenvalue weighted by Gasteiger charge is 2.15. The normalized spacial score (nSPS) is 10.8. The number of hydrogen-bond donors (Lipinski definition) is 2. The average Bonchev–Trinajstić information content (AvgIpc) is 2.59. The van der Waals surface area contributed by atoms with E-state index in [1.54, 1.807) is 18.2 Å². The Balaban J connectivity index is 2.12. The summed E-state index contributed by atoms with van der Waals surface area (Å²) in [5.41, 5.74) is 0.998. The molecule has 0 aliphatic rings. The first-order valence-corrected chi connectivity index (χ1v) is 8.85. The maximum Gasteiger partial charge on any atom is 0.251 e. The molecule has 0 heterocycles. The highest BCUT2D eigenvalue weighted by Crippen LogP contribution is 2.15. The molecule has 2 rings (SSSR count). The molecule has 2 aromatic rings. The Morgan fingerprint density at radius 1 is 1.17 bits per heavy atom. The summed E-state index contributed by atoms with van der Waals surface area (Å²) >= 11 is 6.03. The van der Waals surface area contributed by atoms with E-state index in [9.17, 15) is 13.2 Å². The zero-order chi connectivity index (χ0) is 17.6. The summed E-state index contributed by atoms with van der Waals surface area (Å²) < 4.78 is 26.3. The molecule has 0 aromatic heterocycles. The number of carbonyl (C=O) groups is 1. The first kappa shape index (κ1) is 18.0. The minimum atomic E-state index is -3.75. The predicted octanol–water partition coefficient (Wildman–Crippen LogP) is 2.18. The lowest BCUT2D eigenvalue weighted by Crippen LogP contribution is -2.26. The van der Waals surface area contributed by atoms with Gasteiger partial charge in [0.1, 0.15) is 0 Å². The Bertz CT molecular complexity index is 889. The Morgan fingerprint density at radius 2 is 1.92 bits per heavy atom. The maximum absolute atomic E-state index is 12.2. The largest absolute Gasteiger partial charge is 0.348 e. The molecule has 7 heteroatoms. The SMILES string of the molecule is C#CCNS(=O)(=O)c1cccc(C(=O)NCc2ccccc2Cl)c1. The van der Waals surface area contributed by atoms with Gasteiger partial charge in [0.2, 0.25) is 10.0 Å². The smallest absolute Gasteiger partial charge is 0.251 e. The van der Waals surface area contributed by atoms with E-state index in [-0.39, 0.29) is 23.5 Å². The second-order valence-corrected chi connectivity index (χ2v) is 7.00. The van der Waals surface area contributed by atoms with Crippen LogP contribution in [0.4, 0.5) is 0 Å². The second kappa shape index (κ2) is 7.97. The Labute approximate surface area is 146 Å². The molecular formula is C17H15ClN2O3S. The first-order valence-electron chi connectivity index (χ1n) is 6.99. The van der Waals surface area contributed by atoms with Gasteiger partial charge < -0.3 is 5.32 Å². The molecule has 0 radical (unpaired) electrons. The van der Waals surface area contributed by atoms with Gasteiger partial charge in [0.15, 0.2) is 0 Å². The van der Waals surface area contributed by atoms with Crippen LogP contribution in [0, 0.1) is 12.3 Å². The van der Waals surface area contributed by atoms with Gasteiger partial charge in [-0.15, -0.1) is 6.42 Å². The third-order valence-corrected chi connectivity index (χ3v) is 4.94. The van der Waals surface area contributed by atoms with Crippen molar-refractivity contribution in [2.45, 2.75) is 11.4 Å². The van der Waals surface area contributed by atoms with Gasteiger partial charge in [-0.2, -0.15) is 4.72 Å². The third-order valence-electron chi connectivity index (χ3n) is 3.17. The second-order valence-electron chi connectivity index (χ2n) is 4.83. The van der Waals surface area contributed by atoms with Crippen molar-refractivity contribution in [3.63, 3.8) is 0 Å². The van der Waals surface area contributed by atoms with Crippen molar-refractivity contribution in [3.05, 3.63) is 64.7 Å². The molecule has 0 unspecified atom stereocenters. The van der Waals surface area contributed by atoms with Crippen LogP contribution in [0.1, 0.15) is 15.9 Å². The number of nitrogens with one attached hydrogen (secondary N) is 2. The van der Waals surface area contributed by atoms with Crippen molar-refractivity contribution >= 4 is 27.5 Å². The molecule has 0 saturated carbocycles. The molecule has 5 nitrogen and oxygen atoms in total. The van der Waals surface area contributed by atoms with Crippen molar-refractivity contribution in [2.24, 2.45) is 0 Å². The summed E-state index contributed by atoms with van der Waals surface area (Å²) in [6.07, 6.45) is 5.05. The lowest BCUT2D eigenvalue weighted by molar-refractivity contribution is 0.0950. The van der Waals surface area contributed by atoms with Crippen molar-refractivity contribution in [1.29, 1.82) is 0 Å². The van der Waals surface area contributed by atoms with Crippen LogP contribution in [-0.2, 0) is 16.6 Å². The zero-order valence-corrected chi connectivity index (χ0v) is 14.2. The fourth-order valence-corrected chi connectivity index (χ4v) is 3.13. The zero-order valence-electron chi connectivity index (χ0n) is 12.6. The number of halogens is 1. The topological polar surface area (TPSA) is 75.3 Å². The van der Waals surface area contributed by atoms with Gasteiger partial charge in [0.05, 0.1) is 11.4 Å². The molecule has 1 amide bonds. The quantitative estimate of drug-likeness (QED) is 0.773. The summed E-state index contributed by atoms with van der Waals surface area (Å²) in [4.78, 5) is 12.2. The molecule has 0 atom stereocenters. The number of carbonyl (C=O) groups excluding carboxylic acids is 1. The maximum atomic E-state index is 12.2. The van der Waals surface area contributed by atoms with Crippen LogP contribution in [-0.4, -0.2) is 20.9 Å². The van der Waals surface area contributed by atoms with Crippen LogP contribution in [0.5, 0.6) is 0 Å². The molecule has 0 fully saturated rings. The Kier molecular flexibility index (Phi) is 5.99. The Morgan fingerprint density at radius 3 is 2.62 bits per heavy atom. The molecule has 0 aliphatic heterocycles. The molecule has 0 aliphatic carbocycles. The number of benzene rings is 2. The minimum absolute atomic E-state index is 0.0249. The van der Waals surface area contributed by atoms with Gasteiger partial charge in [-0.05, 0) is 29.8 Å². The third kappa shape index (κ3) is 4.59. The van der Waals surface area contributed by atoms with Gasteiger partial charge in [0.25, 0.3) is 5.91 Å². The van der Waals surface area contributed by atoms with E-state index in [0.29, 0.717) is 5.02 Å².